The van der Waals surface area contributed by atoms with Gasteiger partial charge < -0.3 is 5.73 Å². The summed E-state index contributed by atoms with van der Waals surface area (Å²) >= 11 is 6.38. The van der Waals surface area contributed by atoms with Crippen LogP contribution in [0.5, 0.6) is 0 Å². The number of benzene rings is 1. The van der Waals surface area contributed by atoms with E-state index < -0.39 is 20.8 Å². The van der Waals surface area contributed by atoms with E-state index in [1.165, 1.54) is 12.1 Å². The summed E-state index contributed by atoms with van der Waals surface area (Å²) < 4.78 is 38.4. The molecule has 19 heavy (non-hydrogen) atoms. The van der Waals surface area contributed by atoms with E-state index in [4.69, 9.17) is 5.73 Å². The van der Waals surface area contributed by atoms with Crippen molar-refractivity contribution in [3.8, 4) is 0 Å². The Morgan fingerprint density at radius 2 is 1.84 bits per heavy atom. The maximum Gasteiger partial charge on any atom is 0.242 e. The van der Waals surface area contributed by atoms with E-state index in [-0.39, 0.29) is 11.4 Å². The SMILES string of the molecule is CS(=O)CCCNS(=O)(=O)c1c(Br)cc(N)cc1Br. The van der Waals surface area contributed by atoms with Crippen molar-refractivity contribution in [1.29, 1.82) is 0 Å². The fraction of sp³-hybridized carbons (Fsp3) is 0.400. The van der Waals surface area contributed by atoms with Gasteiger partial charge in [-0.05, 0) is 50.4 Å². The molecule has 0 radical (unpaired) electrons. The first-order chi connectivity index (χ1) is 8.74. The highest BCUT2D eigenvalue weighted by molar-refractivity contribution is 9.11. The van der Waals surface area contributed by atoms with Gasteiger partial charge in [-0.1, -0.05) is 0 Å². The molecule has 0 saturated heterocycles. The summed E-state index contributed by atoms with van der Waals surface area (Å²) in [5.74, 6) is 0.465. The van der Waals surface area contributed by atoms with Gasteiger partial charge in [0.15, 0.2) is 0 Å². The Morgan fingerprint density at radius 3 is 2.32 bits per heavy atom. The molecule has 1 aromatic carbocycles. The lowest BCUT2D eigenvalue weighted by Crippen LogP contribution is -2.26. The largest absolute Gasteiger partial charge is 0.399 e. The van der Waals surface area contributed by atoms with E-state index >= 15 is 0 Å². The fourth-order valence-corrected chi connectivity index (χ4v) is 5.63. The zero-order valence-electron chi connectivity index (χ0n) is 10.2. The lowest BCUT2D eigenvalue weighted by Gasteiger charge is -2.11. The molecule has 5 nitrogen and oxygen atoms in total. The van der Waals surface area contributed by atoms with E-state index in [0.717, 1.165) is 0 Å². The van der Waals surface area contributed by atoms with Crippen LogP contribution < -0.4 is 10.5 Å². The number of nitrogens with two attached hydrogens (primary N) is 1. The van der Waals surface area contributed by atoms with Gasteiger partial charge in [0.25, 0.3) is 0 Å². The molecular formula is C10H14Br2N2O3S2. The number of anilines is 1. The topological polar surface area (TPSA) is 89.3 Å². The monoisotopic (exact) mass is 432 g/mol. The number of hydrogen-bond donors (Lipinski definition) is 2. The van der Waals surface area contributed by atoms with Crippen LogP contribution in [-0.2, 0) is 20.8 Å². The molecule has 1 unspecified atom stereocenters. The number of sulfonamides is 1. The number of nitrogens with one attached hydrogen (secondary N) is 1. The van der Waals surface area contributed by atoms with Crippen molar-refractivity contribution in [2.45, 2.75) is 11.3 Å². The molecule has 0 aromatic heterocycles. The van der Waals surface area contributed by atoms with Crippen molar-refractivity contribution in [2.24, 2.45) is 0 Å². The van der Waals surface area contributed by atoms with E-state index in [0.29, 0.717) is 26.8 Å². The predicted octanol–water partition coefficient (Wildman–Crippen LogP) is 1.84. The van der Waals surface area contributed by atoms with Crippen molar-refractivity contribution in [1.82, 2.24) is 4.72 Å². The number of hydrogen-bond acceptors (Lipinski definition) is 4. The summed E-state index contributed by atoms with van der Waals surface area (Å²) in [6.07, 6.45) is 2.11. The first-order valence-electron chi connectivity index (χ1n) is 5.28. The molecule has 0 amide bonds. The minimum absolute atomic E-state index is 0.110. The molecule has 0 heterocycles. The minimum atomic E-state index is -3.63. The average Bonchev–Trinajstić information content (AvgIpc) is 2.22. The van der Waals surface area contributed by atoms with E-state index in [2.05, 4.69) is 36.6 Å². The van der Waals surface area contributed by atoms with Crippen molar-refractivity contribution >= 4 is 58.4 Å². The molecule has 0 aliphatic carbocycles. The molecule has 0 saturated carbocycles. The molecule has 1 rings (SSSR count). The first kappa shape index (κ1) is 17.1. The molecule has 3 N–H and O–H groups in total. The Balaban J connectivity index is 2.86. The predicted molar refractivity (Wildman–Crippen MR) is 85.0 cm³/mol. The summed E-state index contributed by atoms with van der Waals surface area (Å²) in [4.78, 5) is 0.110. The van der Waals surface area contributed by atoms with Gasteiger partial charge >= 0.3 is 0 Å². The maximum atomic E-state index is 12.1. The molecular weight excluding hydrogens is 420 g/mol. The fourth-order valence-electron chi connectivity index (χ4n) is 1.39. The number of rotatable bonds is 6. The van der Waals surface area contributed by atoms with Crippen LogP contribution in [0.4, 0.5) is 5.69 Å². The smallest absolute Gasteiger partial charge is 0.242 e. The second-order valence-corrected chi connectivity index (χ2v) is 8.81. The van der Waals surface area contributed by atoms with E-state index in [9.17, 15) is 12.6 Å². The summed E-state index contributed by atoms with van der Waals surface area (Å²) in [7, 11) is -4.55. The summed E-state index contributed by atoms with van der Waals surface area (Å²) in [6, 6.07) is 3.06. The van der Waals surface area contributed by atoms with Gasteiger partial charge in [0, 0.05) is 44.0 Å². The standard InChI is InChI=1S/C10H14Br2N2O3S2/c1-18(15)4-2-3-14-19(16,17)10-8(11)5-7(13)6-9(10)12/h5-6,14H,2-4,13H2,1H3. The molecule has 0 aliphatic heterocycles. The van der Waals surface area contributed by atoms with Gasteiger partial charge in [-0.3, -0.25) is 4.21 Å². The highest BCUT2D eigenvalue weighted by atomic mass is 79.9. The van der Waals surface area contributed by atoms with Crippen molar-refractivity contribution in [2.75, 3.05) is 24.3 Å². The van der Waals surface area contributed by atoms with Crippen molar-refractivity contribution in [3.05, 3.63) is 21.1 Å². The highest BCUT2D eigenvalue weighted by Gasteiger charge is 2.21. The summed E-state index contributed by atoms with van der Waals surface area (Å²) in [6.45, 7) is 0.241. The van der Waals surface area contributed by atoms with E-state index in [1.807, 2.05) is 0 Å². The Morgan fingerprint density at radius 1 is 1.32 bits per heavy atom. The Labute approximate surface area is 132 Å². The maximum absolute atomic E-state index is 12.1. The second kappa shape index (κ2) is 7.16. The van der Waals surface area contributed by atoms with E-state index in [1.54, 1.807) is 6.26 Å². The van der Waals surface area contributed by atoms with Gasteiger partial charge in [0.05, 0.1) is 0 Å². The van der Waals surface area contributed by atoms with Crippen LogP contribution in [0.3, 0.4) is 0 Å². The van der Waals surface area contributed by atoms with Crippen LogP contribution in [0.25, 0.3) is 0 Å². The van der Waals surface area contributed by atoms with Crippen molar-refractivity contribution < 1.29 is 12.6 Å². The molecule has 0 aliphatic rings. The lowest BCUT2D eigenvalue weighted by atomic mass is 10.3. The van der Waals surface area contributed by atoms with Crippen LogP contribution in [0.2, 0.25) is 0 Å². The Hall–Kier alpha value is 0.0400. The molecule has 0 spiro atoms. The number of nitrogen functional groups attached to an aromatic ring is 1. The third-order valence-electron chi connectivity index (χ3n) is 2.19. The quantitative estimate of drug-likeness (QED) is 0.529. The van der Waals surface area contributed by atoms with Crippen LogP contribution in [0, 0.1) is 0 Å². The average molecular weight is 434 g/mol. The lowest BCUT2D eigenvalue weighted by molar-refractivity contribution is 0.579. The van der Waals surface area contributed by atoms with Gasteiger partial charge in [-0.25, -0.2) is 13.1 Å². The van der Waals surface area contributed by atoms with Crippen LogP contribution in [0.15, 0.2) is 26.0 Å². The van der Waals surface area contributed by atoms with Gasteiger partial charge in [0.1, 0.15) is 4.90 Å². The first-order valence-corrected chi connectivity index (χ1v) is 10.1. The Bertz CT molecular complexity index is 567. The van der Waals surface area contributed by atoms with Crippen molar-refractivity contribution in [3.63, 3.8) is 0 Å². The number of halogens is 2. The highest BCUT2D eigenvalue weighted by Crippen LogP contribution is 2.32. The molecule has 9 heteroatoms. The summed E-state index contributed by atoms with van der Waals surface area (Å²) in [5.41, 5.74) is 6.08. The van der Waals surface area contributed by atoms with Gasteiger partial charge in [-0.15, -0.1) is 0 Å². The minimum Gasteiger partial charge on any atom is -0.399 e. The Kier molecular flexibility index (Phi) is 6.44. The van der Waals surface area contributed by atoms with Gasteiger partial charge in [0.2, 0.25) is 10.0 Å². The molecule has 1 aromatic rings. The molecule has 108 valence electrons. The second-order valence-electron chi connectivity index (χ2n) is 3.84. The third-order valence-corrected chi connectivity index (χ3v) is 6.39. The molecule has 1 atom stereocenters. The zero-order chi connectivity index (χ0) is 14.6. The molecule has 0 bridgehead atoms. The summed E-state index contributed by atoms with van der Waals surface area (Å²) in [5, 5.41) is 0. The van der Waals surface area contributed by atoms with Crippen LogP contribution >= 0.6 is 31.9 Å². The zero-order valence-corrected chi connectivity index (χ0v) is 15.0. The van der Waals surface area contributed by atoms with Crippen LogP contribution in [-0.4, -0.2) is 31.2 Å². The van der Waals surface area contributed by atoms with Crippen LogP contribution in [0.1, 0.15) is 6.42 Å². The normalized spacial score (nSPS) is 13.4. The molecule has 0 fully saturated rings. The third kappa shape index (κ3) is 5.14. The van der Waals surface area contributed by atoms with Gasteiger partial charge in [-0.2, -0.15) is 0 Å².